The molecule has 3 heterocycles. The van der Waals surface area contributed by atoms with E-state index in [2.05, 4.69) is 35.6 Å². The molecule has 2 N–H and O–H groups in total. The molecule has 0 unspecified atom stereocenters. The standard InChI is InChI=1S/C16H14N8O/c1-9-6-10(2)24-16(19-9)21-14(23-24)15(25)20-12-5-3-4-11(7-12)13-17-8-18-22-13/h3-8H,1-2H3,(H,20,25)(H,17,18,22). The van der Waals surface area contributed by atoms with Crippen molar-refractivity contribution in [3.8, 4) is 11.4 Å². The summed E-state index contributed by atoms with van der Waals surface area (Å²) in [5, 5.41) is 13.6. The number of fused-ring (bicyclic) bond motifs is 1. The molecule has 0 atom stereocenters. The van der Waals surface area contributed by atoms with Crippen LogP contribution in [0, 0.1) is 13.8 Å². The summed E-state index contributed by atoms with van der Waals surface area (Å²) in [5.41, 5.74) is 3.11. The van der Waals surface area contributed by atoms with Crippen LogP contribution in [-0.4, -0.2) is 40.7 Å². The first kappa shape index (κ1) is 14.9. The van der Waals surface area contributed by atoms with E-state index in [9.17, 15) is 4.79 Å². The molecule has 0 spiro atoms. The van der Waals surface area contributed by atoms with Gasteiger partial charge in [0, 0.05) is 22.6 Å². The van der Waals surface area contributed by atoms with Crippen molar-refractivity contribution in [2.24, 2.45) is 0 Å². The Hall–Kier alpha value is -3.62. The third kappa shape index (κ3) is 2.82. The van der Waals surface area contributed by atoms with Gasteiger partial charge in [-0.3, -0.25) is 9.89 Å². The number of benzene rings is 1. The quantitative estimate of drug-likeness (QED) is 0.590. The number of hydrogen-bond donors (Lipinski definition) is 2. The van der Waals surface area contributed by atoms with Crippen molar-refractivity contribution >= 4 is 17.4 Å². The number of aromatic amines is 1. The fourth-order valence-electron chi connectivity index (χ4n) is 2.54. The lowest BCUT2D eigenvalue weighted by atomic mass is 10.2. The number of anilines is 1. The third-order valence-corrected chi connectivity index (χ3v) is 3.63. The Labute approximate surface area is 142 Å². The Morgan fingerprint density at radius 3 is 2.88 bits per heavy atom. The summed E-state index contributed by atoms with van der Waals surface area (Å²) >= 11 is 0. The van der Waals surface area contributed by atoms with E-state index in [4.69, 9.17) is 0 Å². The van der Waals surface area contributed by atoms with Crippen LogP contribution in [0.25, 0.3) is 17.2 Å². The van der Waals surface area contributed by atoms with Crippen LogP contribution < -0.4 is 5.32 Å². The molecule has 4 aromatic rings. The van der Waals surface area contributed by atoms with Gasteiger partial charge in [0.2, 0.25) is 5.82 Å². The topological polar surface area (TPSA) is 114 Å². The first-order valence-electron chi connectivity index (χ1n) is 7.58. The van der Waals surface area contributed by atoms with Gasteiger partial charge in [-0.25, -0.2) is 14.5 Å². The second-order valence-corrected chi connectivity index (χ2v) is 5.56. The zero-order valence-electron chi connectivity index (χ0n) is 13.6. The lowest BCUT2D eigenvalue weighted by Gasteiger charge is -2.04. The monoisotopic (exact) mass is 334 g/mol. The van der Waals surface area contributed by atoms with E-state index in [1.54, 1.807) is 16.6 Å². The lowest BCUT2D eigenvalue weighted by Crippen LogP contribution is -2.14. The van der Waals surface area contributed by atoms with E-state index >= 15 is 0 Å². The Balaban J connectivity index is 1.62. The Morgan fingerprint density at radius 2 is 2.08 bits per heavy atom. The Bertz CT molecular complexity index is 1070. The maximum atomic E-state index is 12.5. The number of hydrogen-bond acceptors (Lipinski definition) is 6. The molecule has 0 aliphatic carbocycles. The maximum Gasteiger partial charge on any atom is 0.295 e. The summed E-state index contributed by atoms with van der Waals surface area (Å²) in [7, 11) is 0. The van der Waals surface area contributed by atoms with Crippen molar-refractivity contribution in [2.75, 3.05) is 5.32 Å². The zero-order chi connectivity index (χ0) is 17.4. The number of amides is 1. The van der Waals surface area contributed by atoms with Crippen LogP contribution in [0.2, 0.25) is 0 Å². The van der Waals surface area contributed by atoms with Gasteiger partial charge < -0.3 is 5.32 Å². The molecule has 0 saturated heterocycles. The van der Waals surface area contributed by atoms with Gasteiger partial charge in [-0.2, -0.15) is 10.1 Å². The van der Waals surface area contributed by atoms with Crippen molar-refractivity contribution in [1.29, 1.82) is 0 Å². The molecular formula is C16H14N8O. The molecule has 25 heavy (non-hydrogen) atoms. The number of nitrogens with zero attached hydrogens (tertiary/aromatic N) is 6. The summed E-state index contributed by atoms with van der Waals surface area (Å²) in [6.45, 7) is 3.76. The molecule has 3 aromatic heterocycles. The van der Waals surface area contributed by atoms with Gasteiger partial charge >= 0.3 is 0 Å². The van der Waals surface area contributed by atoms with Gasteiger partial charge in [-0.15, -0.1) is 5.10 Å². The summed E-state index contributed by atoms with van der Waals surface area (Å²) in [4.78, 5) is 25.0. The van der Waals surface area contributed by atoms with E-state index < -0.39 is 5.91 Å². The predicted molar refractivity (Wildman–Crippen MR) is 90.0 cm³/mol. The smallest absolute Gasteiger partial charge is 0.295 e. The molecule has 0 aliphatic rings. The highest BCUT2D eigenvalue weighted by molar-refractivity contribution is 6.02. The van der Waals surface area contributed by atoms with Crippen LogP contribution in [0.15, 0.2) is 36.7 Å². The van der Waals surface area contributed by atoms with Gasteiger partial charge in [0.15, 0.2) is 5.82 Å². The number of carbonyl (C=O) groups excluding carboxylic acids is 1. The highest BCUT2D eigenvalue weighted by Gasteiger charge is 2.15. The molecule has 0 fully saturated rings. The van der Waals surface area contributed by atoms with Crippen molar-refractivity contribution in [1.82, 2.24) is 34.8 Å². The van der Waals surface area contributed by atoms with E-state index in [1.807, 2.05) is 32.0 Å². The van der Waals surface area contributed by atoms with Crippen molar-refractivity contribution in [2.45, 2.75) is 13.8 Å². The highest BCUT2D eigenvalue weighted by atomic mass is 16.2. The average molecular weight is 334 g/mol. The van der Waals surface area contributed by atoms with E-state index in [0.717, 1.165) is 17.0 Å². The van der Waals surface area contributed by atoms with Crippen LogP contribution in [0.1, 0.15) is 22.0 Å². The molecular weight excluding hydrogens is 320 g/mol. The minimum Gasteiger partial charge on any atom is -0.319 e. The second-order valence-electron chi connectivity index (χ2n) is 5.56. The first-order chi connectivity index (χ1) is 12.1. The van der Waals surface area contributed by atoms with E-state index in [1.165, 1.54) is 6.33 Å². The van der Waals surface area contributed by atoms with Gasteiger partial charge in [-0.05, 0) is 32.0 Å². The summed E-state index contributed by atoms with van der Waals surface area (Å²) < 4.78 is 1.55. The van der Waals surface area contributed by atoms with Gasteiger partial charge in [0.25, 0.3) is 11.7 Å². The van der Waals surface area contributed by atoms with Crippen LogP contribution in [0.4, 0.5) is 5.69 Å². The average Bonchev–Trinajstić information content (AvgIpc) is 3.24. The third-order valence-electron chi connectivity index (χ3n) is 3.63. The number of nitrogens with one attached hydrogen (secondary N) is 2. The molecule has 9 heteroatoms. The van der Waals surface area contributed by atoms with Crippen LogP contribution in [-0.2, 0) is 0 Å². The van der Waals surface area contributed by atoms with Crippen molar-refractivity contribution in [3.05, 3.63) is 53.9 Å². The molecule has 0 saturated carbocycles. The Kier molecular flexibility index (Phi) is 3.46. The lowest BCUT2D eigenvalue weighted by molar-refractivity contribution is 0.101. The molecule has 9 nitrogen and oxygen atoms in total. The predicted octanol–water partition coefficient (Wildman–Crippen LogP) is 1.78. The number of aromatic nitrogens is 7. The SMILES string of the molecule is Cc1cc(C)n2nc(C(=O)Nc3cccc(-c4ncn[nH]4)c3)nc2n1. The highest BCUT2D eigenvalue weighted by Crippen LogP contribution is 2.19. The minimum absolute atomic E-state index is 0.0614. The van der Waals surface area contributed by atoms with Gasteiger partial charge in [0.05, 0.1) is 0 Å². The van der Waals surface area contributed by atoms with Crippen molar-refractivity contribution < 1.29 is 4.79 Å². The second kappa shape index (κ2) is 5.78. The Morgan fingerprint density at radius 1 is 1.20 bits per heavy atom. The van der Waals surface area contributed by atoms with Crippen LogP contribution in [0.3, 0.4) is 0 Å². The molecule has 1 aromatic carbocycles. The van der Waals surface area contributed by atoms with Crippen molar-refractivity contribution in [3.63, 3.8) is 0 Å². The normalized spacial score (nSPS) is 11.0. The number of H-pyrrole nitrogens is 1. The minimum atomic E-state index is -0.405. The molecule has 1 amide bonds. The summed E-state index contributed by atoms with van der Waals surface area (Å²) in [5.74, 6) is 0.679. The summed E-state index contributed by atoms with van der Waals surface area (Å²) in [6.07, 6.45) is 1.43. The zero-order valence-corrected chi connectivity index (χ0v) is 13.6. The first-order valence-corrected chi connectivity index (χ1v) is 7.58. The number of carbonyl (C=O) groups is 1. The fraction of sp³-hybridized carbons (Fsp3) is 0.125. The summed E-state index contributed by atoms with van der Waals surface area (Å²) in [6, 6.07) is 9.14. The largest absolute Gasteiger partial charge is 0.319 e. The van der Waals surface area contributed by atoms with Crippen LogP contribution >= 0.6 is 0 Å². The molecule has 4 rings (SSSR count). The fourth-order valence-corrected chi connectivity index (χ4v) is 2.54. The molecule has 124 valence electrons. The molecule has 0 radical (unpaired) electrons. The van der Waals surface area contributed by atoms with E-state index in [0.29, 0.717) is 17.3 Å². The molecule has 0 aliphatic heterocycles. The van der Waals surface area contributed by atoms with Gasteiger partial charge in [0.1, 0.15) is 6.33 Å². The van der Waals surface area contributed by atoms with Gasteiger partial charge in [-0.1, -0.05) is 12.1 Å². The number of rotatable bonds is 3. The van der Waals surface area contributed by atoms with E-state index in [-0.39, 0.29) is 5.82 Å². The maximum absolute atomic E-state index is 12.5. The molecule has 0 bridgehead atoms. The number of aryl methyl sites for hydroxylation is 2. The van der Waals surface area contributed by atoms with Crippen LogP contribution in [0.5, 0.6) is 0 Å².